The number of aromatic nitrogens is 3. The number of carbonyl (C=O) groups is 1. The standard InChI is InChI=1S/C19H18ClN3O3/c20-16-7-9-17(10-8-16)25-11-4-12-26-19(24)18-14-23(22-21-18)13-15-5-2-1-3-6-15/h1-3,5-10,14H,4,11-13H2. The summed E-state index contributed by atoms with van der Waals surface area (Å²) in [6.07, 6.45) is 2.16. The van der Waals surface area contributed by atoms with Gasteiger partial charge in [0.05, 0.1) is 26.0 Å². The molecule has 134 valence electrons. The van der Waals surface area contributed by atoms with E-state index in [9.17, 15) is 4.79 Å². The fourth-order valence-corrected chi connectivity index (χ4v) is 2.38. The molecule has 0 radical (unpaired) electrons. The van der Waals surface area contributed by atoms with E-state index < -0.39 is 5.97 Å². The van der Waals surface area contributed by atoms with Crippen LogP contribution in [0.5, 0.6) is 5.75 Å². The maximum absolute atomic E-state index is 12.0. The first-order valence-corrected chi connectivity index (χ1v) is 8.58. The summed E-state index contributed by atoms with van der Waals surface area (Å²) in [4.78, 5) is 12.0. The molecule has 7 heteroatoms. The maximum atomic E-state index is 12.0. The second-order valence-electron chi connectivity index (χ2n) is 5.58. The van der Waals surface area contributed by atoms with Crippen molar-refractivity contribution in [2.24, 2.45) is 0 Å². The summed E-state index contributed by atoms with van der Waals surface area (Å²) >= 11 is 5.81. The quantitative estimate of drug-likeness (QED) is 0.447. The number of rotatable bonds is 8. The fourth-order valence-electron chi connectivity index (χ4n) is 2.26. The van der Waals surface area contributed by atoms with Gasteiger partial charge in [0, 0.05) is 11.4 Å². The Labute approximate surface area is 156 Å². The van der Waals surface area contributed by atoms with Crippen molar-refractivity contribution < 1.29 is 14.3 Å². The highest BCUT2D eigenvalue weighted by Crippen LogP contribution is 2.15. The molecule has 0 atom stereocenters. The van der Waals surface area contributed by atoms with Crippen molar-refractivity contribution in [3.63, 3.8) is 0 Å². The summed E-state index contributed by atoms with van der Waals surface area (Å²) < 4.78 is 12.3. The zero-order valence-corrected chi connectivity index (χ0v) is 14.8. The first kappa shape index (κ1) is 17.9. The maximum Gasteiger partial charge on any atom is 0.360 e. The van der Waals surface area contributed by atoms with E-state index in [1.807, 2.05) is 30.3 Å². The van der Waals surface area contributed by atoms with Gasteiger partial charge in [-0.25, -0.2) is 9.48 Å². The smallest absolute Gasteiger partial charge is 0.360 e. The Bertz CT molecular complexity index is 835. The molecule has 3 rings (SSSR count). The first-order chi connectivity index (χ1) is 12.7. The predicted molar refractivity (Wildman–Crippen MR) is 97.4 cm³/mol. The zero-order valence-electron chi connectivity index (χ0n) is 14.0. The fraction of sp³-hybridized carbons (Fsp3) is 0.211. The summed E-state index contributed by atoms with van der Waals surface area (Å²) in [5.74, 6) is 0.236. The van der Waals surface area contributed by atoms with Gasteiger partial charge in [-0.15, -0.1) is 5.10 Å². The van der Waals surface area contributed by atoms with Crippen molar-refractivity contribution >= 4 is 17.6 Å². The van der Waals surface area contributed by atoms with Gasteiger partial charge in [0.15, 0.2) is 5.69 Å². The van der Waals surface area contributed by atoms with Crippen LogP contribution >= 0.6 is 11.6 Å². The molecule has 0 saturated carbocycles. The molecule has 0 N–H and O–H groups in total. The summed E-state index contributed by atoms with van der Waals surface area (Å²) in [6.45, 7) is 1.24. The molecule has 0 spiro atoms. The summed E-state index contributed by atoms with van der Waals surface area (Å²) in [7, 11) is 0. The number of hydrogen-bond acceptors (Lipinski definition) is 5. The van der Waals surface area contributed by atoms with E-state index in [1.165, 1.54) is 0 Å². The molecule has 0 bridgehead atoms. The molecule has 6 nitrogen and oxygen atoms in total. The van der Waals surface area contributed by atoms with Crippen molar-refractivity contribution in [2.75, 3.05) is 13.2 Å². The molecule has 0 fully saturated rings. The van der Waals surface area contributed by atoms with Crippen LogP contribution < -0.4 is 4.74 Å². The third-order valence-electron chi connectivity index (χ3n) is 3.54. The van der Waals surface area contributed by atoms with Crippen LogP contribution in [0.1, 0.15) is 22.5 Å². The van der Waals surface area contributed by atoms with Gasteiger partial charge >= 0.3 is 5.97 Å². The van der Waals surface area contributed by atoms with Gasteiger partial charge in [-0.3, -0.25) is 0 Å². The normalized spacial score (nSPS) is 10.5. The van der Waals surface area contributed by atoms with Crippen molar-refractivity contribution in [1.82, 2.24) is 15.0 Å². The Morgan fingerprint density at radius 3 is 2.58 bits per heavy atom. The Hall–Kier alpha value is -2.86. The van der Waals surface area contributed by atoms with Gasteiger partial charge in [-0.1, -0.05) is 47.1 Å². The van der Waals surface area contributed by atoms with Crippen LogP contribution in [0.15, 0.2) is 60.8 Å². The van der Waals surface area contributed by atoms with Crippen LogP contribution in [0.4, 0.5) is 0 Å². The Morgan fingerprint density at radius 2 is 1.81 bits per heavy atom. The minimum absolute atomic E-state index is 0.194. The lowest BCUT2D eigenvalue weighted by atomic mass is 10.2. The molecule has 2 aromatic carbocycles. The Kier molecular flexibility index (Phi) is 6.22. The Morgan fingerprint density at radius 1 is 1.04 bits per heavy atom. The minimum atomic E-state index is -0.490. The van der Waals surface area contributed by atoms with E-state index in [0.717, 1.165) is 11.3 Å². The van der Waals surface area contributed by atoms with E-state index >= 15 is 0 Å². The van der Waals surface area contributed by atoms with Gasteiger partial charge in [0.25, 0.3) is 0 Å². The number of nitrogens with zero attached hydrogens (tertiary/aromatic N) is 3. The van der Waals surface area contributed by atoms with E-state index in [4.69, 9.17) is 21.1 Å². The van der Waals surface area contributed by atoms with Crippen LogP contribution in [-0.4, -0.2) is 34.2 Å². The number of carbonyl (C=O) groups excluding carboxylic acids is 1. The number of ether oxygens (including phenoxy) is 2. The van der Waals surface area contributed by atoms with Gasteiger partial charge in [0.1, 0.15) is 5.75 Å². The molecule has 1 heterocycles. The van der Waals surface area contributed by atoms with Crippen molar-refractivity contribution in [3.05, 3.63) is 77.1 Å². The number of hydrogen-bond donors (Lipinski definition) is 0. The van der Waals surface area contributed by atoms with Crippen molar-refractivity contribution in [1.29, 1.82) is 0 Å². The third-order valence-corrected chi connectivity index (χ3v) is 3.79. The topological polar surface area (TPSA) is 66.2 Å². The largest absolute Gasteiger partial charge is 0.493 e. The molecule has 0 saturated heterocycles. The van der Waals surface area contributed by atoms with Gasteiger partial charge < -0.3 is 9.47 Å². The lowest BCUT2D eigenvalue weighted by Crippen LogP contribution is -2.09. The molecule has 0 aliphatic rings. The summed E-state index contributed by atoms with van der Waals surface area (Å²) in [5.41, 5.74) is 1.27. The van der Waals surface area contributed by atoms with Crippen LogP contribution in [0.25, 0.3) is 0 Å². The van der Waals surface area contributed by atoms with Crippen molar-refractivity contribution in [2.45, 2.75) is 13.0 Å². The highest BCUT2D eigenvalue weighted by molar-refractivity contribution is 6.30. The monoisotopic (exact) mass is 371 g/mol. The molecule has 1 aromatic heterocycles. The average molecular weight is 372 g/mol. The van der Waals surface area contributed by atoms with E-state index in [1.54, 1.807) is 35.1 Å². The molecule has 3 aromatic rings. The number of esters is 1. The van der Waals surface area contributed by atoms with E-state index in [2.05, 4.69) is 10.3 Å². The van der Waals surface area contributed by atoms with Gasteiger partial charge in [0.2, 0.25) is 0 Å². The SMILES string of the molecule is O=C(OCCCOc1ccc(Cl)cc1)c1cn(Cc2ccccc2)nn1. The van der Waals surface area contributed by atoms with Crippen LogP contribution in [0.3, 0.4) is 0 Å². The first-order valence-electron chi connectivity index (χ1n) is 8.20. The van der Waals surface area contributed by atoms with Crippen LogP contribution in [0.2, 0.25) is 5.02 Å². The third kappa shape index (κ3) is 5.32. The molecular weight excluding hydrogens is 354 g/mol. The van der Waals surface area contributed by atoms with E-state index in [0.29, 0.717) is 24.6 Å². The summed E-state index contributed by atoms with van der Waals surface area (Å²) in [5, 5.41) is 8.47. The highest BCUT2D eigenvalue weighted by Gasteiger charge is 2.12. The molecule has 0 aliphatic heterocycles. The summed E-state index contributed by atoms with van der Waals surface area (Å²) in [6, 6.07) is 16.9. The second-order valence-corrected chi connectivity index (χ2v) is 6.02. The lowest BCUT2D eigenvalue weighted by Gasteiger charge is -2.06. The minimum Gasteiger partial charge on any atom is -0.493 e. The lowest BCUT2D eigenvalue weighted by molar-refractivity contribution is 0.0479. The molecule has 0 amide bonds. The number of benzene rings is 2. The molecule has 0 unspecified atom stereocenters. The van der Waals surface area contributed by atoms with Crippen molar-refractivity contribution in [3.8, 4) is 5.75 Å². The highest BCUT2D eigenvalue weighted by atomic mass is 35.5. The molecule has 0 aliphatic carbocycles. The second kappa shape index (κ2) is 9.01. The predicted octanol–water partition coefficient (Wildman–Crippen LogP) is 3.61. The van der Waals surface area contributed by atoms with Gasteiger partial charge in [-0.2, -0.15) is 0 Å². The molecule has 26 heavy (non-hydrogen) atoms. The molecular formula is C19H18ClN3O3. The van der Waals surface area contributed by atoms with E-state index in [-0.39, 0.29) is 12.3 Å². The number of halogens is 1. The van der Waals surface area contributed by atoms with Gasteiger partial charge in [-0.05, 0) is 29.8 Å². The average Bonchev–Trinajstić information content (AvgIpc) is 3.12. The van der Waals surface area contributed by atoms with Crippen LogP contribution in [0, 0.1) is 0 Å². The Balaban J connectivity index is 1.39. The zero-order chi connectivity index (χ0) is 18.2. The van der Waals surface area contributed by atoms with Crippen LogP contribution in [-0.2, 0) is 11.3 Å².